The van der Waals surface area contributed by atoms with E-state index in [1.165, 1.54) is 16.9 Å². The molecule has 2 N–H and O–H groups in total. The second-order valence-corrected chi connectivity index (χ2v) is 8.58. The van der Waals surface area contributed by atoms with Crippen molar-refractivity contribution < 1.29 is 9.53 Å². The quantitative estimate of drug-likeness (QED) is 0.559. The molecule has 0 fully saturated rings. The second-order valence-electron chi connectivity index (χ2n) is 7.06. The Morgan fingerprint density at radius 2 is 2.03 bits per heavy atom. The molecule has 0 spiro atoms. The summed E-state index contributed by atoms with van der Waals surface area (Å²) in [6.07, 6.45) is 4.96. The maximum absolute atomic E-state index is 12.5. The van der Waals surface area contributed by atoms with Gasteiger partial charge >= 0.3 is 0 Å². The number of nitrogens with zero attached hydrogens (tertiary/aromatic N) is 1. The summed E-state index contributed by atoms with van der Waals surface area (Å²) in [5.41, 5.74) is 1.09. The number of fused-ring (bicyclic) bond motifs is 3. The van der Waals surface area contributed by atoms with Crippen LogP contribution in [0.4, 0.5) is 0 Å². The van der Waals surface area contributed by atoms with Gasteiger partial charge in [-0.3, -0.25) is 9.59 Å². The second kappa shape index (κ2) is 8.97. The maximum Gasteiger partial charge on any atom is 0.259 e. The lowest BCUT2D eigenvalue weighted by Gasteiger charge is -2.09. The Balaban J connectivity index is 1.28. The number of carbonyl (C=O) groups excluding carboxylic acids is 1. The van der Waals surface area contributed by atoms with Gasteiger partial charge in [0.1, 0.15) is 23.0 Å². The maximum atomic E-state index is 12.5. The number of thiophene rings is 1. The van der Waals surface area contributed by atoms with Gasteiger partial charge in [0.25, 0.3) is 5.56 Å². The molecule has 152 valence electrons. The van der Waals surface area contributed by atoms with Gasteiger partial charge in [-0.05, 0) is 55.5 Å². The minimum Gasteiger partial charge on any atom is -0.492 e. The first-order valence-electron chi connectivity index (χ1n) is 9.78. The third-order valence-corrected chi connectivity index (χ3v) is 6.41. The predicted octanol–water partition coefficient (Wildman–Crippen LogP) is 3.64. The Hall–Kier alpha value is -2.38. The highest BCUT2D eigenvalue weighted by molar-refractivity contribution is 7.18. The highest BCUT2D eigenvalue weighted by Crippen LogP contribution is 2.33. The van der Waals surface area contributed by atoms with Crippen molar-refractivity contribution in [1.82, 2.24) is 15.3 Å². The van der Waals surface area contributed by atoms with Crippen molar-refractivity contribution in [2.24, 2.45) is 0 Å². The molecule has 2 aromatic heterocycles. The molecule has 1 aliphatic rings. The van der Waals surface area contributed by atoms with E-state index < -0.39 is 0 Å². The molecule has 0 saturated heterocycles. The summed E-state index contributed by atoms with van der Waals surface area (Å²) in [5, 5.41) is 4.22. The fourth-order valence-electron chi connectivity index (χ4n) is 3.54. The number of H-pyrrole nitrogens is 1. The van der Waals surface area contributed by atoms with E-state index in [0.717, 1.165) is 29.5 Å². The predicted molar refractivity (Wildman–Crippen MR) is 115 cm³/mol. The number of hydrogen-bond acceptors (Lipinski definition) is 5. The van der Waals surface area contributed by atoms with Crippen LogP contribution in [0.15, 0.2) is 29.1 Å². The van der Waals surface area contributed by atoms with E-state index >= 15 is 0 Å². The average molecular weight is 432 g/mol. The van der Waals surface area contributed by atoms with Crippen molar-refractivity contribution in [3.8, 4) is 5.75 Å². The van der Waals surface area contributed by atoms with Crippen LogP contribution in [0.5, 0.6) is 5.75 Å². The lowest BCUT2D eigenvalue weighted by atomic mass is 9.97. The van der Waals surface area contributed by atoms with Crippen LogP contribution in [0.25, 0.3) is 10.2 Å². The van der Waals surface area contributed by atoms with E-state index in [1.807, 2.05) is 0 Å². The number of halogens is 1. The number of hydrogen-bond donors (Lipinski definition) is 2. The molecule has 0 aliphatic heterocycles. The van der Waals surface area contributed by atoms with Gasteiger partial charge in [-0.15, -0.1) is 11.3 Å². The Morgan fingerprint density at radius 3 is 2.86 bits per heavy atom. The van der Waals surface area contributed by atoms with Gasteiger partial charge in [0.05, 0.1) is 11.9 Å². The SMILES string of the molecule is O=C(CCc1nc2sc3c(c2c(=O)[nH]1)CCCC3)NCCOc1ccc(Cl)cc1. The Bertz CT molecular complexity index is 1080. The van der Waals surface area contributed by atoms with Crippen molar-refractivity contribution in [2.45, 2.75) is 38.5 Å². The summed E-state index contributed by atoms with van der Waals surface area (Å²) in [5.74, 6) is 1.17. The fraction of sp³-hybridized carbons (Fsp3) is 0.381. The Labute approximate surface area is 177 Å². The topological polar surface area (TPSA) is 84.1 Å². The molecular formula is C21H22ClN3O3S. The van der Waals surface area contributed by atoms with E-state index in [2.05, 4.69) is 15.3 Å². The highest BCUT2D eigenvalue weighted by Gasteiger charge is 2.19. The van der Waals surface area contributed by atoms with E-state index in [-0.39, 0.29) is 17.9 Å². The molecule has 0 radical (unpaired) electrons. The van der Waals surface area contributed by atoms with Crippen LogP contribution in [-0.2, 0) is 24.1 Å². The van der Waals surface area contributed by atoms with Gasteiger partial charge in [0.15, 0.2) is 0 Å². The lowest BCUT2D eigenvalue weighted by Crippen LogP contribution is -2.28. The van der Waals surface area contributed by atoms with Crippen LogP contribution < -0.4 is 15.6 Å². The summed E-state index contributed by atoms with van der Waals surface area (Å²) in [6.45, 7) is 0.775. The van der Waals surface area contributed by atoms with Crippen molar-refractivity contribution in [3.05, 3.63) is 55.9 Å². The normalized spacial score (nSPS) is 13.3. The molecule has 2 heterocycles. The number of nitrogens with one attached hydrogen (secondary N) is 2. The summed E-state index contributed by atoms with van der Waals surface area (Å²) >= 11 is 7.45. The zero-order valence-electron chi connectivity index (χ0n) is 15.9. The van der Waals surface area contributed by atoms with E-state index in [0.29, 0.717) is 36.2 Å². The lowest BCUT2D eigenvalue weighted by molar-refractivity contribution is -0.121. The third-order valence-electron chi connectivity index (χ3n) is 4.97. The van der Waals surface area contributed by atoms with Gasteiger partial charge in [0.2, 0.25) is 5.91 Å². The molecule has 6 nitrogen and oxygen atoms in total. The average Bonchev–Trinajstić information content (AvgIpc) is 3.10. The van der Waals surface area contributed by atoms with Gasteiger partial charge in [-0.1, -0.05) is 11.6 Å². The number of benzene rings is 1. The number of aromatic nitrogens is 2. The molecule has 0 saturated carbocycles. The first-order chi connectivity index (χ1) is 14.1. The molecule has 29 heavy (non-hydrogen) atoms. The van der Waals surface area contributed by atoms with Crippen molar-refractivity contribution in [2.75, 3.05) is 13.2 Å². The zero-order valence-corrected chi connectivity index (χ0v) is 17.5. The first kappa shape index (κ1) is 19.9. The van der Waals surface area contributed by atoms with Crippen LogP contribution >= 0.6 is 22.9 Å². The summed E-state index contributed by atoms with van der Waals surface area (Å²) < 4.78 is 5.55. The molecule has 0 bridgehead atoms. The molecule has 3 aromatic rings. The monoisotopic (exact) mass is 431 g/mol. The summed E-state index contributed by atoms with van der Waals surface area (Å²) in [7, 11) is 0. The van der Waals surface area contributed by atoms with Crippen molar-refractivity contribution >= 4 is 39.1 Å². The largest absolute Gasteiger partial charge is 0.492 e. The minimum atomic E-state index is -0.0991. The van der Waals surface area contributed by atoms with Gasteiger partial charge in [-0.2, -0.15) is 0 Å². The zero-order chi connectivity index (χ0) is 20.2. The number of aryl methyl sites for hydroxylation is 3. The first-order valence-corrected chi connectivity index (χ1v) is 11.0. The molecule has 0 atom stereocenters. The Kier molecular flexibility index (Phi) is 6.16. The standard InChI is InChI=1S/C21H22ClN3O3S/c22-13-5-7-14(8-6-13)28-12-11-23-18(26)10-9-17-24-20(27)19-15-3-1-2-4-16(15)29-21(19)25-17/h5-8H,1-4,9-12H2,(H,23,26)(H,24,25,27). The molecule has 1 aromatic carbocycles. The van der Waals surface area contributed by atoms with Crippen LogP contribution in [0, 0.1) is 0 Å². The van der Waals surface area contributed by atoms with E-state index in [4.69, 9.17) is 16.3 Å². The van der Waals surface area contributed by atoms with Crippen LogP contribution in [-0.4, -0.2) is 29.0 Å². The van der Waals surface area contributed by atoms with E-state index in [1.54, 1.807) is 35.6 Å². The smallest absolute Gasteiger partial charge is 0.259 e. The minimum absolute atomic E-state index is 0.0822. The van der Waals surface area contributed by atoms with Gasteiger partial charge < -0.3 is 15.0 Å². The summed E-state index contributed by atoms with van der Waals surface area (Å²) in [6, 6.07) is 7.07. The number of aromatic amines is 1. The summed E-state index contributed by atoms with van der Waals surface area (Å²) in [4.78, 5) is 34.2. The number of ether oxygens (including phenoxy) is 1. The number of amides is 1. The Morgan fingerprint density at radius 1 is 1.24 bits per heavy atom. The highest BCUT2D eigenvalue weighted by atomic mass is 35.5. The molecule has 1 amide bonds. The van der Waals surface area contributed by atoms with Crippen LogP contribution in [0.1, 0.15) is 35.5 Å². The van der Waals surface area contributed by atoms with Crippen LogP contribution in [0.2, 0.25) is 5.02 Å². The third kappa shape index (κ3) is 4.79. The molecule has 1 aliphatic carbocycles. The van der Waals surface area contributed by atoms with Crippen molar-refractivity contribution in [1.29, 1.82) is 0 Å². The van der Waals surface area contributed by atoms with Crippen molar-refractivity contribution in [3.63, 3.8) is 0 Å². The fourth-order valence-corrected chi connectivity index (χ4v) is 4.94. The molecular weight excluding hydrogens is 410 g/mol. The van der Waals surface area contributed by atoms with Gasteiger partial charge in [0, 0.05) is 22.7 Å². The number of carbonyl (C=O) groups is 1. The molecule has 8 heteroatoms. The van der Waals surface area contributed by atoms with Crippen LogP contribution in [0.3, 0.4) is 0 Å². The number of rotatable bonds is 7. The molecule has 4 rings (SSSR count). The molecule has 0 unspecified atom stereocenters. The van der Waals surface area contributed by atoms with E-state index in [9.17, 15) is 9.59 Å². The van der Waals surface area contributed by atoms with Gasteiger partial charge in [-0.25, -0.2) is 4.98 Å².